The first-order valence-corrected chi connectivity index (χ1v) is 8.66. The van der Waals surface area contributed by atoms with Gasteiger partial charge in [-0.15, -0.1) is 0 Å². The van der Waals surface area contributed by atoms with E-state index in [4.69, 9.17) is 4.74 Å². The van der Waals surface area contributed by atoms with Gasteiger partial charge < -0.3 is 10.1 Å². The predicted octanol–water partition coefficient (Wildman–Crippen LogP) is 4.21. The van der Waals surface area contributed by atoms with Gasteiger partial charge in [0.15, 0.2) is 0 Å². The van der Waals surface area contributed by atoms with E-state index in [-0.39, 0.29) is 5.91 Å². The summed E-state index contributed by atoms with van der Waals surface area (Å²) in [5, 5.41) is 3.17. The van der Waals surface area contributed by atoms with Crippen LogP contribution < -0.4 is 10.1 Å². The van der Waals surface area contributed by atoms with Gasteiger partial charge in [-0.3, -0.25) is 9.78 Å². The Kier molecular flexibility index (Phi) is 5.47. The summed E-state index contributed by atoms with van der Waals surface area (Å²) in [6.07, 6.45) is 10.5. The quantitative estimate of drug-likeness (QED) is 0.857. The van der Waals surface area contributed by atoms with Gasteiger partial charge in [-0.25, -0.2) is 0 Å². The van der Waals surface area contributed by atoms with E-state index in [1.165, 1.54) is 25.7 Å². The second-order valence-electron chi connectivity index (χ2n) is 6.36. The first-order chi connectivity index (χ1) is 11.8. The lowest BCUT2D eigenvalue weighted by Crippen LogP contribution is -2.34. The molecule has 126 valence electrons. The van der Waals surface area contributed by atoms with Gasteiger partial charge in [0.25, 0.3) is 5.91 Å². The van der Waals surface area contributed by atoms with Crippen LogP contribution in [0, 0.1) is 0 Å². The van der Waals surface area contributed by atoms with Crippen molar-refractivity contribution in [1.29, 1.82) is 0 Å². The van der Waals surface area contributed by atoms with E-state index in [9.17, 15) is 4.79 Å². The van der Waals surface area contributed by atoms with Crippen molar-refractivity contribution in [3.8, 4) is 16.9 Å². The van der Waals surface area contributed by atoms with Gasteiger partial charge in [0.05, 0.1) is 12.7 Å². The van der Waals surface area contributed by atoms with Crippen molar-refractivity contribution in [2.24, 2.45) is 0 Å². The maximum absolute atomic E-state index is 12.6. The van der Waals surface area contributed by atoms with Crippen LogP contribution in [-0.2, 0) is 0 Å². The fourth-order valence-electron chi connectivity index (χ4n) is 3.22. The molecule has 1 fully saturated rings. The summed E-state index contributed by atoms with van der Waals surface area (Å²) in [6.45, 7) is 0. The predicted molar refractivity (Wildman–Crippen MR) is 95.2 cm³/mol. The van der Waals surface area contributed by atoms with Gasteiger partial charge in [-0.1, -0.05) is 37.8 Å². The standard InChI is InChI=1S/C20H24N2O2/c1-24-19-10-6-7-15(12-19)16-11-17(14-21-13-16)20(23)22-18-8-4-2-3-5-9-18/h6-7,10-14,18H,2-5,8-9H2,1H3,(H,22,23). The molecule has 1 aliphatic rings. The topological polar surface area (TPSA) is 51.2 Å². The number of benzene rings is 1. The number of hydrogen-bond donors (Lipinski definition) is 1. The Labute approximate surface area is 143 Å². The molecule has 1 aromatic heterocycles. The van der Waals surface area contributed by atoms with Crippen molar-refractivity contribution in [2.45, 2.75) is 44.6 Å². The van der Waals surface area contributed by atoms with Gasteiger partial charge in [0.1, 0.15) is 5.75 Å². The average Bonchev–Trinajstić information content (AvgIpc) is 2.90. The number of nitrogens with zero attached hydrogens (tertiary/aromatic N) is 1. The smallest absolute Gasteiger partial charge is 0.253 e. The van der Waals surface area contributed by atoms with Crippen molar-refractivity contribution in [2.75, 3.05) is 7.11 Å². The Hall–Kier alpha value is -2.36. The van der Waals surface area contributed by atoms with Crippen molar-refractivity contribution >= 4 is 5.91 Å². The minimum Gasteiger partial charge on any atom is -0.497 e. The number of rotatable bonds is 4. The van der Waals surface area contributed by atoms with E-state index in [2.05, 4.69) is 10.3 Å². The molecule has 1 aliphatic carbocycles. The third-order valence-corrected chi connectivity index (χ3v) is 4.59. The van der Waals surface area contributed by atoms with Crippen LogP contribution in [0.4, 0.5) is 0 Å². The van der Waals surface area contributed by atoms with Crippen LogP contribution in [0.5, 0.6) is 5.75 Å². The number of methoxy groups -OCH3 is 1. The average molecular weight is 324 g/mol. The molecule has 4 nitrogen and oxygen atoms in total. The molecule has 0 saturated heterocycles. The first-order valence-electron chi connectivity index (χ1n) is 8.66. The number of aromatic nitrogens is 1. The lowest BCUT2D eigenvalue weighted by molar-refractivity contribution is 0.0933. The van der Waals surface area contributed by atoms with E-state index < -0.39 is 0 Å². The Bertz CT molecular complexity index is 692. The molecule has 0 atom stereocenters. The summed E-state index contributed by atoms with van der Waals surface area (Å²) in [5.74, 6) is 0.764. The molecule has 1 saturated carbocycles. The SMILES string of the molecule is COc1cccc(-c2cncc(C(=O)NC3CCCCCC3)c2)c1. The molecule has 0 bridgehead atoms. The molecule has 1 amide bonds. The van der Waals surface area contributed by atoms with Crippen LogP contribution in [0.2, 0.25) is 0 Å². The highest BCUT2D eigenvalue weighted by atomic mass is 16.5. The Morgan fingerprint density at radius 2 is 1.88 bits per heavy atom. The molecular weight excluding hydrogens is 300 g/mol. The lowest BCUT2D eigenvalue weighted by Gasteiger charge is -2.16. The Balaban J connectivity index is 1.75. The zero-order chi connectivity index (χ0) is 16.8. The van der Waals surface area contributed by atoms with Crippen molar-refractivity contribution in [1.82, 2.24) is 10.3 Å². The van der Waals surface area contributed by atoms with E-state index in [1.54, 1.807) is 19.5 Å². The molecule has 1 N–H and O–H groups in total. The van der Waals surface area contributed by atoms with Gasteiger partial charge in [0, 0.05) is 24.0 Å². The summed E-state index contributed by atoms with van der Waals surface area (Å²) >= 11 is 0. The van der Waals surface area contributed by atoms with E-state index in [1.807, 2.05) is 30.3 Å². The maximum atomic E-state index is 12.6. The molecule has 0 spiro atoms. The van der Waals surface area contributed by atoms with Crippen LogP contribution in [0.25, 0.3) is 11.1 Å². The van der Waals surface area contributed by atoms with Gasteiger partial charge in [-0.2, -0.15) is 0 Å². The maximum Gasteiger partial charge on any atom is 0.253 e. The van der Waals surface area contributed by atoms with Crippen LogP contribution in [0.3, 0.4) is 0 Å². The minimum absolute atomic E-state index is 0.0286. The highest BCUT2D eigenvalue weighted by Crippen LogP contribution is 2.24. The minimum atomic E-state index is -0.0286. The van der Waals surface area contributed by atoms with Crippen LogP contribution in [0.1, 0.15) is 48.9 Å². The normalized spacial score (nSPS) is 15.5. The van der Waals surface area contributed by atoms with Crippen molar-refractivity contribution in [3.05, 3.63) is 48.3 Å². The molecule has 2 aromatic rings. The fourth-order valence-corrected chi connectivity index (χ4v) is 3.22. The summed E-state index contributed by atoms with van der Waals surface area (Å²) in [4.78, 5) is 16.8. The molecule has 4 heteroatoms. The molecule has 0 aliphatic heterocycles. The van der Waals surface area contributed by atoms with E-state index >= 15 is 0 Å². The van der Waals surface area contributed by atoms with Crippen LogP contribution >= 0.6 is 0 Å². The first kappa shape index (κ1) is 16.5. The fraction of sp³-hybridized carbons (Fsp3) is 0.400. The van der Waals surface area contributed by atoms with Crippen molar-refractivity contribution in [3.63, 3.8) is 0 Å². The molecular formula is C20H24N2O2. The molecule has 24 heavy (non-hydrogen) atoms. The molecule has 3 rings (SSSR count). The van der Waals surface area contributed by atoms with E-state index in [0.29, 0.717) is 11.6 Å². The molecule has 0 unspecified atom stereocenters. The second-order valence-corrected chi connectivity index (χ2v) is 6.36. The van der Waals surface area contributed by atoms with Crippen LogP contribution in [0.15, 0.2) is 42.7 Å². The highest BCUT2D eigenvalue weighted by molar-refractivity contribution is 5.95. The number of carbonyl (C=O) groups excluding carboxylic acids is 1. The van der Waals surface area contributed by atoms with Gasteiger partial charge in [-0.05, 0) is 36.6 Å². The number of ether oxygens (including phenoxy) is 1. The highest BCUT2D eigenvalue weighted by Gasteiger charge is 2.16. The summed E-state index contributed by atoms with van der Waals surface area (Å²) in [5.41, 5.74) is 2.52. The van der Waals surface area contributed by atoms with E-state index in [0.717, 1.165) is 29.7 Å². The number of carbonyl (C=O) groups is 1. The lowest BCUT2D eigenvalue weighted by atomic mass is 10.0. The monoisotopic (exact) mass is 324 g/mol. The molecule has 1 aromatic carbocycles. The van der Waals surface area contributed by atoms with Gasteiger partial charge in [0.2, 0.25) is 0 Å². The third-order valence-electron chi connectivity index (χ3n) is 4.59. The summed E-state index contributed by atoms with van der Waals surface area (Å²) < 4.78 is 5.27. The Morgan fingerprint density at radius 3 is 2.62 bits per heavy atom. The summed E-state index contributed by atoms with van der Waals surface area (Å²) in [7, 11) is 1.65. The van der Waals surface area contributed by atoms with Crippen molar-refractivity contribution < 1.29 is 9.53 Å². The third kappa shape index (κ3) is 4.13. The largest absolute Gasteiger partial charge is 0.497 e. The molecule has 0 radical (unpaired) electrons. The number of hydrogen-bond acceptors (Lipinski definition) is 3. The van der Waals surface area contributed by atoms with Crippen LogP contribution in [-0.4, -0.2) is 24.0 Å². The summed E-state index contributed by atoms with van der Waals surface area (Å²) in [6, 6.07) is 9.97. The zero-order valence-electron chi connectivity index (χ0n) is 14.1. The second kappa shape index (κ2) is 7.95. The zero-order valence-corrected chi connectivity index (χ0v) is 14.1. The molecule has 1 heterocycles. The Morgan fingerprint density at radius 1 is 1.08 bits per heavy atom. The number of amides is 1. The number of pyridine rings is 1. The van der Waals surface area contributed by atoms with Gasteiger partial charge >= 0.3 is 0 Å². The number of nitrogens with one attached hydrogen (secondary N) is 1.